The van der Waals surface area contributed by atoms with Gasteiger partial charge in [-0.2, -0.15) is 0 Å². The predicted octanol–water partition coefficient (Wildman–Crippen LogP) is 3.45. The molecule has 0 bridgehead atoms. The summed E-state index contributed by atoms with van der Waals surface area (Å²) >= 11 is 0. The highest BCUT2D eigenvalue weighted by molar-refractivity contribution is 6.03. The van der Waals surface area contributed by atoms with Gasteiger partial charge in [-0.15, -0.1) is 0 Å². The lowest BCUT2D eigenvalue weighted by molar-refractivity contribution is 0.0938. The number of furan rings is 1. The molecule has 2 aromatic rings. The maximum atomic E-state index is 12.0. The molecule has 0 radical (unpaired) electrons. The van der Waals surface area contributed by atoms with E-state index in [0.717, 1.165) is 41.5 Å². The molecule has 0 amide bonds. The van der Waals surface area contributed by atoms with E-state index >= 15 is 0 Å². The number of ketones is 1. The number of carbonyl (C=O) groups excluding carboxylic acids is 1. The van der Waals surface area contributed by atoms with Crippen LogP contribution in [0.15, 0.2) is 16.5 Å². The number of Topliss-reactive ketones (excluding diaryl/α,β-unsaturated/α-hetero) is 1. The monoisotopic (exact) mass is 242 g/mol. The van der Waals surface area contributed by atoms with Crippen molar-refractivity contribution >= 4 is 16.8 Å². The van der Waals surface area contributed by atoms with Crippen LogP contribution in [0, 0.1) is 0 Å². The highest BCUT2D eigenvalue weighted by atomic mass is 16.5. The SMILES string of the molecule is COc1ccc2oc3c4c2c1CCC4CCC3=O. The minimum absolute atomic E-state index is 0.157. The summed E-state index contributed by atoms with van der Waals surface area (Å²) in [5.74, 6) is 2.18. The highest BCUT2D eigenvalue weighted by Gasteiger charge is 2.35. The first-order chi connectivity index (χ1) is 8.79. The van der Waals surface area contributed by atoms with Gasteiger partial charge in [0.25, 0.3) is 0 Å². The third-order valence-electron chi connectivity index (χ3n) is 4.30. The number of rotatable bonds is 1. The number of methoxy groups -OCH3 is 1. The van der Waals surface area contributed by atoms with Crippen LogP contribution in [0.1, 0.15) is 46.9 Å². The number of carbonyl (C=O) groups is 1. The summed E-state index contributed by atoms with van der Waals surface area (Å²) in [6.07, 6.45) is 3.72. The summed E-state index contributed by atoms with van der Waals surface area (Å²) in [5, 5.41) is 1.15. The molecule has 1 unspecified atom stereocenters. The number of aryl methyl sites for hydroxylation is 1. The third-order valence-corrected chi connectivity index (χ3v) is 4.30. The van der Waals surface area contributed by atoms with E-state index in [-0.39, 0.29) is 5.78 Å². The molecule has 1 aromatic carbocycles. The van der Waals surface area contributed by atoms with Crippen molar-refractivity contribution in [1.82, 2.24) is 0 Å². The van der Waals surface area contributed by atoms with E-state index < -0.39 is 0 Å². The van der Waals surface area contributed by atoms with Gasteiger partial charge >= 0.3 is 0 Å². The average Bonchev–Trinajstić information content (AvgIpc) is 2.80. The molecule has 0 saturated carbocycles. The zero-order chi connectivity index (χ0) is 12.3. The lowest BCUT2D eigenvalue weighted by Gasteiger charge is -2.26. The summed E-state index contributed by atoms with van der Waals surface area (Å²) in [7, 11) is 1.70. The highest BCUT2D eigenvalue weighted by Crippen LogP contribution is 2.48. The van der Waals surface area contributed by atoms with Crippen molar-refractivity contribution in [3.63, 3.8) is 0 Å². The van der Waals surface area contributed by atoms with Crippen molar-refractivity contribution in [2.24, 2.45) is 0 Å². The standard InChI is InChI=1S/C15H14O3/c1-17-11-6-7-12-14-9(11)4-2-8-3-5-10(16)15(18-12)13(8)14/h6-8H,2-5H2,1H3. The molecule has 1 heterocycles. The van der Waals surface area contributed by atoms with Crippen molar-refractivity contribution in [2.75, 3.05) is 7.11 Å². The van der Waals surface area contributed by atoms with Crippen LogP contribution in [-0.4, -0.2) is 12.9 Å². The summed E-state index contributed by atoms with van der Waals surface area (Å²) < 4.78 is 11.2. The van der Waals surface area contributed by atoms with Crippen molar-refractivity contribution in [3.05, 3.63) is 29.0 Å². The van der Waals surface area contributed by atoms with Crippen molar-refractivity contribution in [2.45, 2.75) is 31.6 Å². The molecule has 92 valence electrons. The molecule has 2 aliphatic carbocycles. The van der Waals surface area contributed by atoms with E-state index in [4.69, 9.17) is 9.15 Å². The fraction of sp³-hybridized carbons (Fsp3) is 0.400. The molecule has 3 nitrogen and oxygen atoms in total. The fourth-order valence-electron chi connectivity index (χ4n) is 3.47. The molecule has 2 aliphatic rings. The predicted molar refractivity (Wildman–Crippen MR) is 67.4 cm³/mol. The Hall–Kier alpha value is -1.77. The van der Waals surface area contributed by atoms with Crippen molar-refractivity contribution in [1.29, 1.82) is 0 Å². The normalized spacial score (nSPS) is 21.4. The molecule has 1 aromatic heterocycles. The second-order valence-corrected chi connectivity index (χ2v) is 5.16. The van der Waals surface area contributed by atoms with Gasteiger partial charge in [-0.1, -0.05) is 0 Å². The number of hydrogen-bond donors (Lipinski definition) is 0. The van der Waals surface area contributed by atoms with Gasteiger partial charge in [0.05, 0.1) is 7.11 Å². The fourth-order valence-corrected chi connectivity index (χ4v) is 3.47. The van der Waals surface area contributed by atoms with Crippen LogP contribution in [0.3, 0.4) is 0 Å². The zero-order valence-corrected chi connectivity index (χ0v) is 10.3. The van der Waals surface area contributed by atoms with Crippen LogP contribution >= 0.6 is 0 Å². The Balaban J connectivity index is 2.14. The molecule has 3 heteroatoms. The maximum absolute atomic E-state index is 12.0. The lowest BCUT2D eigenvalue weighted by atomic mass is 9.76. The smallest absolute Gasteiger partial charge is 0.198 e. The lowest BCUT2D eigenvalue weighted by Crippen LogP contribution is -2.17. The number of hydrogen-bond acceptors (Lipinski definition) is 3. The van der Waals surface area contributed by atoms with Crippen molar-refractivity contribution in [3.8, 4) is 5.75 Å². The largest absolute Gasteiger partial charge is 0.496 e. The van der Waals surface area contributed by atoms with Gasteiger partial charge in [-0.05, 0) is 37.3 Å². The van der Waals surface area contributed by atoms with E-state index in [9.17, 15) is 4.79 Å². The molecule has 0 saturated heterocycles. The average molecular weight is 242 g/mol. The first kappa shape index (κ1) is 10.2. The quantitative estimate of drug-likeness (QED) is 0.768. The van der Waals surface area contributed by atoms with E-state index in [1.807, 2.05) is 12.1 Å². The molecule has 18 heavy (non-hydrogen) atoms. The minimum Gasteiger partial charge on any atom is -0.496 e. The summed E-state index contributed by atoms with van der Waals surface area (Å²) in [5.41, 5.74) is 3.21. The first-order valence-electron chi connectivity index (χ1n) is 6.45. The van der Waals surface area contributed by atoms with Gasteiger partial charge in [0, 0.05) is 22.9 Å². The van der Waals surface area contributed by atoms with Gasteiger partial charge in [0.1, 0.15) is 11.3 Å². The van der Waals surface area contributed by atoms with Gasteiger partial charge < -0.3 is 9.15 Å². The van der Waals surface area contributed by atoms with Gasteiger partial charge in [0.2, 0.25) is 0 Å². The van der Waals surface area contributed by atoms with E-state index in [1.54, 1.807) is 7.11 Å². The molecule has 0 fully saturated rings. The topological polar surface area (TPSA) is 39.4 Å². The van der Waals surface area contributed by atoms with E-state index in [1.165, 1.54) is 5.56 Å². The Morgan fingerprint density at radius 3 is 2.94 bits per heavy atom. The second-order valence-electron chi connectivity index (χ2n) is 5.16. The van der Waals surface area contributed by atoms with Gasteiger partial charge in [-0.3, -0.25) is 4.79 Å². The van der Waals surface area contributed by atoms with Gasteiger partial charge in [-0.25, -0.2) is 0 Å². The molecule has 1 atom stereocenters. The van der Waals surface area contributed by atoms with Crippen LogP contribution in [-0.2, 0) is 6.42 Å². The van der Waals surface area contributed by atoms with Crippen molar-refractivity contribution < 1.29 is 13.9 Å². The Bertz CT molecular complexity index is 666. The third kappa shape index (κ3) is 1.12. The van der Waals surface area contributed by atoms with E-state index in [2.05, 4.69) is 0 Å². The first-order valence-corrected chi connectivity index (χ1v) is 6.45. The Kier molecular flexibility index (Phi) is 1.91. The number of ether oxygens (including phenoxy) is 1. The van der Waals surface area contributed by atoms with Crippen LogP contribution in [0.2, 0.25) is 0 Å². The van der Waals surface area contributed by atoms with Gasteiger partial charge in [0.15, 0.2) is 11.5 Å². The number of benzene rings is 1. The zero-order valence-electron chi connectivity index (χ0n) is 10.3. The van der Waals surface area contributed by atoms with E-state index in [0.29, 0.717) is 18.1 Å². The molecule has 0 N–H and O–H groups in total. The molecular formula is C15H14O3. The summed E-state index contributed by atoms with van der Waals surface area (Å²) in [6, 6.07) is 3.86. The molecular weight excluding hydrogens is 228 g/mol. The molecule has 0 aliphatic heterocycles. The van der Waals surface area contributed by atoms with Crippen LogP contribution in [0.25, 0.3) is 11.0 Å². The Morgan fingerprint density at radius 1 is 1.28 bits per heavy atom. The Morgan fingerprint density at radius 2 is 2.11 bits per heavy atom. The molecule has 0 spiro atoms. The summed E-state index contributed by atoms with van der Waals surface area (Å²) in [4.78, 5) is 12.0. The minimum atomic E-state index is 0.157. The van der Waals surface area contributed by atoms with Crippen LogP contribution in [0.5, 0.6) is 5.75 Å². The molecule has 4 rings (SSSR count). The summed E-state index contributed by atoms with van der Waals surface area (Å²) in [6.45, 7) is 0. The maximum Gasteiger partial charge on any atom is 0.198 e. The van der Waals surface area contributed by atoms with Crippen LogP contribution < -0.4 is 4.74 Å². The van der Waals surface area contributed by atoms with Crippen LogP contribution in [0.4, 0.5) is 0 Å². The second kappa shape index (κ2) is 3.37. The Labute approximate surface area is 105 Å².